The van der Waals surface area contributed by atoms with Crippen LogP contribution < -0.4 is 0 Å². The molecule has 0 saturated heterocycles. The van der Waals surface area contributed by atoms with Gasteiger partial charge < -0.3 is 4.90 Å². The Kier molecular flexibility index (Phi) is 9.92. The molecule has 92 valence electrons. The standard InChI is InChI=1S/C8H19N.C5H6N2/c1-4-6-8-9(3)7-5-2;1-5-6-3-2-4-7-5/h4-8H2,1-3H3;2-4H,1H3. The molecule has 0 radical (unpaired) electrons. The van der Waals surface area contributed by atoms with E-state index in [0.717, 1.165) is 5.82 Å². The molecule has 1 heterocycles. The van der Waals surface area contributed by atoms with E-state index >= 15 is 0 Å². The predicted octanol–water partition coefficient (Wildman–Crippen LogP) is 2.91. The van der Waals surface area contributed by atoms with E-state index in [0.29, 0.717) is 0 Å². The summed E-state index contributed by atoms with van der Waals surface area (Å²) >= 11 is 0. The quantitative estimate of drug-likeness (QED) is 0.768. The molecule has 0 spiro atoms. The van der Waals surface area contributed by atoms with E-state index in [9.17, 15) is 0 Å². The largest absolute Gasteiger partial charge is 0.306 e. The molecule has 0 saturated carbocycles. The summed E-state index contributed by atoms with van der Waals surface area (Å²) in [5.74, 6) is 0.822. The van der Waals surface area contributed by atoms with Gasteiger partial charge in [-0.2, -0.15) is 0 Å². The first-order valence-corrected chi connectivity index (χ1v) is 6.12. The van der Waals surface area contributed by atoms with Gasteiger partial charge in [-0.3, -0.25) is 0 Å². The minimum absolute atomic E-state index is 0.822. The molecule has 0 aromatic carbocycles. The zero-order valence-corrected chi connectivity index (χ0v) is 11.1. The van der Waals surface area contributed by atoms with Gasteiger partial charge in [0.1, 0.15) is 5.82 Å². The van der Waals surface area contributed by atoms with Gasteiger partial charge in [0.2, 0.25) is 0 Å². The van der Waals surface area contributed by atoms with Crippen molar-refractivity contribution in [2.45, 2.75) is 40.0 Å². The predicted molar refractivity (Wildman–Crippen MR) is 69.5 cm³/mol. The summed E-state index contributed by atoms with van der Waals surface area (Å²) in [5.41, 5.74) is 0. The molecule has 0 aliphatic rings. The summed E-state index contributed by atoms with van der Waals surface area (Å²) in [7, 11) is 2.19. The van der Waals surface area contributed by atoms with E-state index in [2.05, 4.69) is 35.8 Å². The van der Waals surface area contributed by atoms with Gasteiger partial charge in [-0.1, -0.05) is 20.3 Å². The molecular formula is C13H25N3. The van der Waals surface area contributed by atoms with Crippen LogP contribution >= 0.6 is 0 Å². The molecule has 3 nitrogen and oxygen atoms in total. The number of nitrogens with zero attached hydrogens (tertiary/aromatic N) is 3. The molecule has 0 aliphatic carbocycles. The third-order valence-electron chi connectivity index (χ3n) is 2.19. The molecule has 0 fully saturated rings. The van der Waals surface area contributed by atoms with E-state index in [4.69, 9.17) is 0 Å². The number of aryl methyl sites for hydroxylation is 1. The van der Waals surface area contributed by atoms with Crippen LogP contribution in [-0.4, -0.2) is 35.0 Å². The summed E-state index contributed by atoms with van der Waals surface area (Å²) in [6, 6.07) is 1.80. The van der Waals surface area contributed by atoms with Crippen molar-refractivity contribution in [1.82, 2.24) is 14.9 Å². The number of hydrogen-bond acceptors (Lipinski definition) is 3. The fourth-order valence-electron chi connectivity index (χ4n) is 1.30. The van der Waals surface area contributed by atoms with Gasteiger partial charge in [0.05, 0.1) is 0 Å². The summed E-state index contributed by atoms with van der Waals surface area (Å²) in [4.78, 5) is 10.1. The summed E-state index contributed by atoms with van der Waals surface area (Å²) in [6.07, 6.45) is 7.38. The van der Waals surface area contributed by atoms with E-state index in [1.54, 1.807) is 18.5 Å². The molecule has 1 aromatic heterocycles. The smallest absolute Gasteiger partial charge is 0.125 e. The average molecular weight is 223 g/mol. The molecule has 3 heteroatoms. The molecular weight excluding hydrogens is 198 g/mol. The Morgan fingerprint density at radius 1 is 1.06 bits per heavy atom. The molecule has 0 atom stereocenters. The van der Waals surface area contributed by atoms with Crippen LogP contribution in [0.3, 0.4) is 0 Å². The number of rotatable bonds is 5. The number of aromatic nitrogens is 2. The molecule has 0 aliphatic heterocycles. The average Bonchev–Trinajstić information content (AvgIpc) is 2.29. The van der Waals surface area contributed by atoms with Crippen molar-refractivity contribution in [2.24, 2.45) is 0 Å². The summed E-state index contributed by atoms with van der Waals surface area (Å²) < 4.78 is 0. The van der Waals surface area contributed by atoms with Crippen molar-refractivity contribution in [3.8, 4) is 0 Å². The lowest BCUT2D eigenvalue weighted by Crippen LogP contribution is -2.19. The van der Waals surface area contributed by atoms with Crippen LogP contribution in [-0.2, 0) is 0 Å². The van der Waals surface area contributed by atoms with E-state index < -0.39 is 0 Å². The lowest BCUT2D eigenvalue weighted by Gasteiger charge is -2.13. The minimum Gasteiger partial charge on any atom is -0.306 e. The van der Waals surface area contributed by atoms with Crippen LogP contribution in [0.5, 0.6) is 0 Å². The van der Waals surface area contributed by atoms with E-state index in [1.807, 2.05) is 6.92 Å². The van der Waals surface area contributed by atoms with Crippen molar-refractivity contribution in [2.75, 3.05) is 20.1 Å². The Hall–Kier alpha value is -0.960. The minimum atomic E-state index is 0.822. The topological polar surface area (TPSA) is 29.0 Å². The highest BCUT2D eigenvalue weighted by Crippen LogP contribution is 1.91. The third kappa shape index (κ3) is 9.59. The molecule has 0 bridgehead atoms. The molecule has 0 amide bonds. The molecule has 16 heavy (non-hydrogen) atoms. The van der Waals surface area contributed by atoms with Crippen LogP contribution in [0, 0.1) is 6.92 Å². The van der Waals surface area contributed by atoms with Gasteiger partial charge in [-0.05, 0) is 46.0 Å². The van der Waals surface area contributed by atoms with Crippen LogP contribution in [0.4, 0.5) is 0 Å². The molecule has 0 N–H and O–H groups in total. The van der Waals surface area contributed by atoms with Gasteiger partial charge in [0.25, 0.3) is 0 Å². The van der Waals surface area contributed by atoms with Gasteiger partial charge in [0.15, 0.2) is 0 Å². The van der Waals surface area contributed by atoms with E-state index in [1.165, 1.54) is 32.4 Å². The van der Waals surface area contributed by atoms with Crippen molar-refractivity contribution in [3.05, 3.63) is 24.3 Å². The van der Waals surface area contributed by atoms with Gasteiger partial charge >= 0.3 is 0 Å². The zero-order chi connectivity index (χ0) is 12.2. The number of unbranched alkanes of at least 4 members (excludes halogenated alkanes) is 1. The zero-order valence-electron chi connectivity index (χ0n) is 11.1. The van der Waals surface area contributed by atoms with Crippen LogP contribution in [0.1, 0.15) is 38.9 Å². The van der Waals surface area contributed by atoms with Crippen LogP contribution in [0.2, 0.25) is 0 Å². The van der Waals surface area contributed by atoms with Crippen molar-refractivity contribution >= 4 is 0 Å². The van der Waals surface area contributed by atoms with E-state index in [-0.39, 0.29) is 0 Å². The third-order valence-corrected chi connectivity index (χ3v) is 2.19. The van der Waals surface area contributed by atoms with Gasteiger partial charge in [-0.15, -0.1) is 0 Å². The lowest BCUT2D eigenvalue weighted by molar-refractivity contribution is 0.329. The SMILES string of the molecule is CCCCN(C)CCC.Cc1ncccn1. The van der Waals surface area contributed by atoms with Crippen molar-refractivity contribution < 1.29 is 0 Å². The van der Waals surface area contributed by atoms with Gasteiger partial charge in [0, 0.05) is 12.4 Å². The normalized spacial score (nSPS) is 9.81. The summed E-state index contributed by atoms with van der Waals surface area (Å²) in [6.45, 7) is 8.84. The fraction of sp³-hybridized carbons (Fsp3) is 0.692. The first-order chi connectivity index (χ1) is 7.70. The Morgan fingerprint density at radius 3 is 2.06 bits per heavy atom. The monoisotopic (exact) mass is 223 g/mol. The molecule has 0 unspecified atom stereocenters. The maximum absolute atomic E-state index is 3.87. The maximum atomic E-state index is 3.87. The highest BCUT2D eigenvalue weighted by molar-refractivity contribution is 4.83. The first kappa shape index (κ1) is 15.0. The van der Waals surface area contributed by atoms with Crippen LogP contribution in [0.25, 0.3) is 0 Å². The molecule has 1 rings (SSSR count). The van der Waals surface area contributed by atoms with Crippen molar-refractivity contribution in [1.29, 1.82) is 0 Å². The Balaban J connectivity index is 0.000000288. The summed E-state index contributed by atoms with van der Waals surface area (Å²) in [5, 5.41) is 0. The highest BCUT2D eigenvalue weighted by atomic mass is 15.1. The van der Waals surface area contributed by atoms with Crippen LogP contribution in [0.15, 0.2) is 18.5 Å². The van der Waals surface area contributed by atoms with Crippen molar-refractivity contribution in [3.63, 3.8) is 0 Å². The second kappa shape index (κ2) is 10.6. The second-order valence-corrected chi connectivity index (χ2v) is 3.95. The fourth-order valence-corrected chi connectivity index (χ4v) is 1.30. The lowest BCUT2D eigenvalue weighted by atomic mass is 10.3. The second-order valence-electron chi connectivity index (χ2n) is 3.95. The number of hydrogen-bond donors (Lipinski definition) is 0. The Labute approximate surface area is 99.9 Å². The Morgan fingerprint density at radius 2 is 1.69 bits per heavy atom. The Bertz CT molecular complexity index is 236. The first-order valence-electron chi connectivity index (χ1n) is 6.12. The maximum Gasteiger partial charge on any atom is 0.125 e. The highest BCUT2D eigenvalue weighted by Gasteiger charge is 1.92. The van der Waals surface area contributed by atoms with Gasteiger partial charge in [-0.25, -0.2) is 9.97 Å². The molecule has 1 aromatic rings.